The summed E-state index contributed by atoms with van der Waals surface area (Å²) < 4.78 is 32.7. The minimum Gasteiger partial charge on any atom is -0.494 e. The molecular weight excluding hydrogens is 402 g/mol. The van der Waals surface area contributed by atoms with Gasteiger partial charge in [-0.2, -0.15) is 4.37 Å². The number of unbranched alkanes of at least 4 members (excludes halogenated alkanes) is 1. The van der Waals surface area contributed by atoms with Gasteiger partial charge in [0.2, 0.25) is 11.5 Å². The van der Waals surface area contributed by atoms with Gasteiger partial charge in [0.15, 0.2) is 11.5 Å². The number of nitrogens with zero attached hydrogens (tertiary/aromatic N) is 1. The lowest BCUT2D eigenvalue weighted by Crippen LogP contribution is -2.00. The first kappa shape index (κ1) is 21.8. The fraction of sp³-hybridized carbons (Fsp3) is 0.348. The van der Waals surface area contributed by atoms with Gasteiger partial charge in [0.1, 0.15) is 5.75 Å². The third-order valence-electron chi connectivity index (χ3n) is 4.74. The molecule has 30 heavy (non-hydrogen) atoms. The summed E-state index contributed by atoms with van der Waals surface area (Å²) in [4.78, 5) is 0. The zero-order valence-electron chi connectivity index (χ0n) is 18.0. The Kier molecular flexibility index (Phi) is 7.41. The molecule has 0 N–H and O–H groups in total. The molecule has 6 nitrogen and oxygen atoms in total. The summed E-state index contributed by atoms with van der Waals surface area (Å²) in [5.41, 5.74) is 3.59. The largest absolute Gasteiger partial charge is 0.494 e. The molecule has 7 heteroatoms. The summed E-state index contributed by atoms with van der Waals surface area (Å²) in [7, 11) is 6.35. The van der Waals surface area contributed by atoms with Crippen LogP contribution in [0.15, 0.2) is 35.7 Å². The second-order valence-electron chi connectivity index (χ2n) is 6.53. The van der Waals surface area contributed by atoms with Crippen LogP contribution >= 0.6 is 11.5 Å². The van der Waals surface area contributed by atoms with E-state index in [4.69, 9.17) is 23.7 Å². The van der Waals surface area contributed by atoms with Crippen LogP contribution < -0.4 is 23.7 Å². The molecule has 0 aliphatic rings. The van der Waals surface area contributed by atoms with Crippen molar-refractivity contribution in [3.63, 3.8) is 0 Å². The minimum atomic E-state index is 0.478. The van der Waals surface area contributed by atoms with Gasteiger partial charge in [0.05, 0.1) is 40.7 Å². The van der Waals surface area contributed by atoms with Crippen molar-refractivity contribution < 1.29 is 23.7 Å². The zero-order valence-corrected chi connectivity index (χ0v) is 18.8. The lowest BCUT2D eigenvalue weighted by Gasteiger charge is -2.18. The summed E-state index contributed by atoms with van der Waals surface area (Å²) in [6.07, 6.45) is 2.15. The Morgan fingerprint density at radius 3 is 2.13 bits per heavy atom. The maximum atomic E-state index is 5.77. The molecule has 3 aromatic rings. The molecule has 0 unspecified atom stereocenters. The smallest absolute Gasteiger partial charge is 0.207 e. The molecule has 0 aliphatic heterocycles. The molecule has 1 aromatic heterocycles. The molecule has 2 aromatic carbocycles. The van der Waals surface area contributed by atoms with Crippen molar-refractivity contribution in [1.82, 2.24) is 4.37 Å². The summed E-state index contributed by atoms with van der Waals surface area (Å²) in [5, 5.41) is 1.99. The Balaban J connectivity index is 2.04. The molecule has 0 aliphatic carbocycles. The topological polar surface area (TPSA) is 59.0 Å². The van der Waals surface area contributed by atoms with Crippen molar-refractivity contribution in [1.29, 1.82) is 0 Å². The molecule has 1 heterocycles. The number of rotatable bonds is 10. The number of aromatic nitrogens is 1. The van der Waals surface area contributed by atoms with Crippen LogP contribution in [0, 0.1) is 0 Å². The van der Waals surface area contributed by atoms with Gasteiger partial charge in [0, 0.05) is 22.1 Å². The van der Waals surface area contributed by atoms with Crippen LogP contribution in [0.3, 0.4) is 0 Å². The Morgan fingerprint density at radius 1 is 0.833 bits per heavy atom. The van der Waals surface area contributed by atoms with Crippen LogP contribution in [0.4, 0.5) is 0 Å². The van der Waals surface area contributed by atoms with Gasteiger partial charge in [-0.1, -0.05) is 13.3 Å². The van der Waals surface area contributed by atoms with Crippen LogP contribution in [0.25, 0.3) is 22.4 Å². The highest BCUT2D eigenvalue weighted by atomic mass is 32.1. The van der Waals surface area contributed by atoms with Crippen molar-refractivity contribution in [2.45, 2.75) is 19.8 Å². The van der Waals surface area contributed by atoms with Gasteiger partial charge < -0.3 is 23.7 Å². The number of benzene rings is 2. The Hall–Kier alpha value is -2.93. The van der Waals surface area contributed by atoms with E-state index in [0.717, 1.165) is 47.6 Å². The lowest BCUT2D eigenvalue weighted by atomic mass is 10.00. The molecule has 0 fully saturated rings. The molecule has 0 saturated carbocycles. The van der Waals surface area contributed by atoms with Gasteiger partial charge in [-0.3, -0.25) is 0 Å². The maximum Gasteiger partial charge on any atom is 0.207 e. The molecule has 0 spiro atoms. The average molecular weight is 430 g/mol. The van der Waals surface area contributed by atoms with E-state index in [0.29, 0.717) is 23.0 Å². The second kappa shape index (κ2) is 10.2. The van der Waals surface area contributed by atoms with Crippen molar-refractivity contribution in [3.05, 3.63) is 35.7 Å². The molecular formula is C23H27NO5S. The lowest BCUT2D eigenvalue weighted by molar-refractivity contribution is 0.306. The van der Waals surface area contributed by atoms with Gasteiger partial charge >= 0.3 is 0 Å². The average Bonchev–Trinajstić information content (AvgIpc) is 3.27. The van der Waals surface area contributed by atoms with Crippen LogP contribution in [0.5, 0.6) is 28.7 Å². The minimum absolute atomic E-state index is 0.478. The van der Waals surface area contributed by atoms with Gasteiger partial charge in [0.25, 0.3) is 0 Å². The van der Waals surface area contributed by atoms with Gasteiger partial charge in [-0.25, -0.2) is 0 Å². The summed E-state index contributed by atoms with van der Waals surface area (Å²) in [5.74, 6) is 2.94. The van der Waals surface area contributed by atoms with E-state index >= 15 is 0 Å². The van der Waals surface area contributed by atoms with Crippen LogP contribution in [0.1, 0.15) is 19.8 Å². The van der Waals surface area contributed by atoms with E-state index in [1.807, 2.05) is 35.7 Å². The van der Waals surface area contributed by atoms with Crippen LogP contribution in [-0.2, 0) is 0 Å². The standard InChI is InChI=1S/C23H27NO5S/c1-6-7-12-29-16-10-8-15(9-11-16)20-18(14-30-24-20)17-13-19(25-2)22(27-4)23(28-5)21(17)26-3/h8-11,13-14H,6-7,12H2,1-5H3. The van der Waals surface area contributed by atoms with E-state index in [-0.39, 0.29) is 0 Å². The SMILES string of the molecule is CCCCOc1ccc(-c2nscc2-c2cc(OC)c(OC)c(OC)c2OC)cc1. The molecule has 0 amide bonds. The third-order valence-corrected chi connectivity index (χ3v) is 5.37. The van der Waals surface area contributed by atoms with Crippen LogP contribution in [0.2, 0.25) is 0 Å². The number of hydrogen-bond acceptors (Lipinski definition) is 7. The first-order valence-electron chi connectivity index (χ1n) is 9.73. The normalized spacial score (nSPS) is 10.6. The summed E-state index contributed by atoms with van der Waals surface area (Å²) in [6.45, 7) is 2.87. The van der Waals surface area contributed by atoms with E-state index in [1.165, 1.54) is 11.5 Å². The molecule has 160 valence electrons. The molecule has 0 saturated heterocycles. The van der Waals surface area contributed by atoms with E-state index in [2.05, 4.69) is 11.3 Å². The number of ether oxygens (including phenoxy) is 5. The van der Waals surface area contributed by atoms with E-state index in [1.54, 1.807) is 28.4 Å². The second-order valence-corrected chi connectivity index (χ2v) is 7.16. The first-order chi connectivity index (χ1) is 14.7. The Morgan fingerprint density at radius 2 is 1.53 bits per heavy atom. The molecule has 0 radical (unpaired) electrons. The molecule has 0 atom stereocenters. The van der Waals surface area contributed by atoms with Crippen molar-refractivity contribution in [3.8, 4) is 51.1 Å². The highest BCUT2D eigenvalue weighted by Gasteiger charge is 2.25. The van der Waals surface area contributed by atoms with Crippen molar-refractivity contribution >= 4 is 11.5 Å². The van der Waals surface area contributed by atoms with Gasteiger partial charge in [-0.05, 0) is 48.3 Å². The molecule has 0 bridgehead atoms. The monoisotopic (exact) mass is 429 g/mol. The maximum absolute atomic E-state index is 5.77. The van der Waals surface area contributed by atoms with Gasteiger partial charge in [-0.15, -0.1) is 0 Å². The fourth-order valence-electron chi connectivity index (χ4n) is 3.21. The predicted molar refractivity (Wildman–Crippen MR) is 120 cm³/mol. The zero-order chi connectivity index (χ0) is 21.5. The summed E-state index contributed by atoms with van der Waals surface area (Å²) >= 11 is 1.38. The third kappa shape index (κ3) is 4.31. The molecule has 3 rings (SSSR count). The van der Waals surface area contributed by atoms with E-state index < -0.39 is 0 Å². The van der Waals surface area contributed by atoms with Crippen molar-refractivity contribution in [2.75, 3.05) is 35.0 Å². The summed E-state index contributed by atoms with van der Waals surface area (Å²) in [6, 6.07) is 9.87. The fourth-order valence-corrected chi connectivity index (χ4v) is 3.92. The predicted octanol–water partition coefficient (Wildman–Crippen LogP) is 5.69. The first-order valence-corrected chi connectivity index (χ1v) is 10.6. The number of hydrogen-bond donors (Lipinski definition) is 0. The Labute approximate surface area is 181 Å². The van der Waals surface area contributed by atoms with Crippen molar-refractivity contribution in [2.24, 2.45) is 0 Å². The van der Waals surface area contributed by atoms with E-state index in [9.17, 15) is 0 Å². The highest BCUT2D eigenvalue weighted by Crippen LogP contribution is 2.51. The Bertz CT molecular complexity index is 968. The number of methoxy groups -OCH3 is 4. The quantitative estimate of drug-likeness (QED) is 0.386. The van der Waals surface area contributed by atoms with Crippen LogP contribution in [-0.4, -0.2) is 39.4 Å². The highest BCUT2D eigenvalue weighted by molar-refractivity contribution is 7.04.